The van der Waals surface area contributed by atoms with E-state index in [0.29, 0.717) is 45.7 Å². The number of methoxy groups -OCH3 is 1. The Kier molecular flexibility index (Phi) is 12.2. The van der Waals surface area contributed by atoms with Gasteiger partial charge in [0.25, 0.3) is 0 Å². The molecule has 0 aliphatic carbocycles. The molecule has 0 bridgehead atoms. The Morgan fingerprint density at radius 1 is 0.655 bits per heavy atom. The SMILES string of the molecule is CCO[Si](Cc1ccc(OC)cc1[Si](OCC)(OCC)OCC)(OCC)OCC. The van der Waals surface area contributed by atoms with Gasteiger partial charge in [-0.25, -0.2) is 0 Å². The highest BCUT2D eigenvalue weighted by Gasteiger charge is 2.48. The van der Waals surface area contributed by atoms with Crippen molar-refractivity contribution in [3.63, 3.8) is 0 Å². The number of rotatable bonds is 16. The molecule has 1 aromatic rings. The topological polar surface area (TPSA) is 64.6 Å². The fraction of sp³-hybridized carbons (Fsp3) is 0.700. The minimum absolute atomic E-state index is 0.480. The second-order valence-electron chi connectivity index (χ2n) is 6.04. The second-order valence-corrected chi connectivity index (χ2v) is 11.1. The lowest BCUT2D eigenvalue weighted by molar-refractivity contribution is 0.0702. The van der Waals surface area contributed by atoms with Gasteiger partial charge in [0, 0.05) is 50.9 Å². The van der Waals surface area contributed by atoms with Crippen LogP contribution in [-0.2, 0) is 32.6 Å². The zero-order valence-corrected chi connectivity index (χ0v) is 21.0. The highest BCUT2D eigenvalue weighted by atomic mass is 28.4. The van der Waals surface area contributed by atoms with Gasteiger partial charge in [0.15, 0.2) is 0 Å². The van der Waals surface area contributed by atoms with Crippen LogP contribution in [0.3, 0.4) is 0 Å². The Morgan fingerprint density at radius 3 is 1.48 bits per heavy atom. The minimum atomic E-state index is -3.16. The van der Waals surface area contributed by atoms with Crippen LogP contribution in [0.5, 0.6) is 5.75 Å². The third-order valence-corrected chi connectivity index (χ3v) is 10.3. The molecule has 0 aliphatic rings. The van der Waals surface area contributed by atoms with Crippen LogP contribution in [0.2, 0.25) is 0 Å². The molecule has 0 N–H and O–H groups in total. The lowest BCUT2D eigenvalue weighted by Gasteiger charge is -2.33. The van der Waals surface area contributed by atoms with E-state index in [9.17, 15) is 0 Å². The smallest absolute Gasteiger partial charge is 0.497 e. The molecule has 0 heterocycles. The maximum Gasteiger partial charge on any atom is 0.537 e. The van der Waals surface area contributed by atoms with Gasteiger partial charge in [-0.3, -0.25) is 0 Å². The molecule has 0 spiro atoms. The lowest BCUT2D eigenvalue weighted by Crippen LogP contribution is -2.59. The summed E-state index contributed by atoms with van der Waals surface area (Å²) in [5.41, 5.74) is 0.981. The van der Waals surface area contributed by atoms with Crippen molar-refractivity contribution >= 4 is 22.8 Å². The van der Waals surface area contributed by atoms with Gasteiger partial charge in [0.05, 0.1) is 7.11 Å². The molecule has 29 heavy (non-hydrogen) atoms. The van der Waals surface area contributed by atoms with E-state index in [0.717, 1.165) is 16.5 Å². The van der Waals surface area contributed by atoms with E-state index in [1.165, 1.54) is 0 Å². The molecule has 9 heteroatoms. The quantitative estimate of drug-likeness (QED) is 0.362. The molecule has 0 saturated carbocycles. The molecule has 0 aliphatic heterocycles. The van der Waals surface area contributed by atoms with Gasteiger partial charge in [-0.05, 0) is 59.2 Å². The van der Waals surface area contributed by atoms with Gasteiger partial charge in [-0.1, -0.05) is 6.07 Å². The standard InChI is InChI=1S/C20H38O7Si2/c1-8-22-28(23-9-2,24-10-3)17-18-14-15-19(21-7)16-20(18)29(25-11-4,26-12-5)27-13-6/h14-16H,8-13,17H2,1-7H3. The normalized spacial score (nSPS) is 12.4. The van der Waals surface area contributed by atoms with E-state index in [2.05, 4.69) is 0 Å². The lowest BCUT2D eigenvalue weighted by atomic mass is 10.2. The van der Waals surface area contributed by atoms with Crippen molar-refractivity contribution in [1.29, 1.82) is 0 Å². The fourth-order valence-corrected chi connectivity index (χ4v) is 8.79. The molecule has 7 nitrogen and oxygen atoms in total. The summed E-state index contributed by atoms with van der Waals surface area (Å²) in [6.07, 6.45) is 0. The van der Waals surface area contributed by atoms with Crippen LogP contribution < -0.4 is 9.92 Å². The predicted molar refractivity (Wildman–Crippen MR) is 118 cm³/mol. The molecule has 0 radical (unpaired) electrons. The third kappa shape index (κ3) is 7.14. The highest BCUT2D eigenvalue weighted by molar-refractivity contribution is 6.76. The molecule has 1 aromatic carbocycles. The van der Waals surface area contributed by atoms with E-state index in [1.807, 2.05) is 59.7 Å². The molecular weight excluding hydrogens is 408 g/mol. The summed E-state index contributed by atoms with van der Waals surface area (Å²) in [5.74, 6) is 0.719. The van der Waals surface area contributed by atoms with Gasteiger partial charge in [-0.2, -0.15) is 0 Å². The summed E-state index contributed by atoms with van der Waals surface area (Å²) in [4.78, 5) is 0. The van der Waals surface area contributed by atoms with Crippen LogP contribution >= 0.6 is 0 Å². The van der Waals surface area contributed by atoms with Crippen LogP contribution in [0.1, 0.15) is 47.1 Å². The van der Waals surface area contributed by atoms with Gasteiger partial charge in [-0.15, -0.1) is 0 Å². The van der Waals surface area contributed by atoms with E-state index >= 15 is 0 Å². The van der Waals surface area contributed by atoms with Crippen molar-refractivity contribution in [1.82, 2.24) is 0 Å². The van der Waals surface area contributed by atoms with Gasteiger partial charge in [0.2, 0.25) is 0 Å². The molecule has 168 valence electrons. The van der Waals surface area contributed by atoms with Crippen molar-refractivity contribution in [2.24, 2.45) is 0 Å². The molecular formula is C20H38O7Si2. The van der Waals surface area contributed by atoms with Gasteiger partial charge >= 0.3 is 17.6 Å². The monoisotopic (exact) mass is 446 g/mol. The molecule has 0 saturated heterocycles. The van der Waals surface area contributed by atoms with Crippen molar-refractivity contribution in [3.8, 4) is 5.75 Å². The van der Waals surface area contributed by atoms with Crippen LogP contribution in [0, 0.1) is 0 Å². The largest absolute Gasteiger partial charge is 0.537 e. The van der Waals surface area contributed by atoms with E-state index in [1.54, 1.807) is 7.11 Å². The summed E-state index contributed by atoms with van der Waals surface area (Å²) in [6.45, 7) is 14.7. The average molecular weight is 447 g/mol. The molecule has 0 atom stereocenters. The zero-order valence-electron chi connectivity index (χ0n) is 19.0. The molecule has 0 fully saturated rings. The summed E-state index contributed by atoms with van der Waals surface area (Å²) in [6, 6.07) is 6.38. The maximum absolute atomic E-state index is 6.16. The van der Waals surface area contributed by atoms with Crippen molar-refractivity contribution < 1.29 is 31.3 Å². The Morgan fingerprint density at radius 2 is 1.10 bits per heavy atom. The Hall–Kier alpha value is -0.786. The van der Waals surface area contributed by atoms with Crippen molar-refractivity contribution in [3.05, 3.63) is 23.8 Å². The first-order chi connectivity index (χ1) is 14.0. The number of ether oxygens (including phenoxy) is 1. The van der Waals surface area contributed by atoms with Gasteiger partial charge in [0.1, 0.15) is 5.75 Å². The van der Waals surface area contributed by atoms with E-state index < -0.39 is 17.6 Å². The molecule has 1 rings (SSSR count). The van der Waals surface area contributed by atoms with E-state index in [4.69, 9.17) is 31.3 Å². The van der Waals surface area contributed by atoms with Crippen LogP contribution in [0.15, 0.2) is 18.2 Å². The fourth-order valence-electron chi connectivity index (χ4n) is 3.22. The number of hydrogen-bond donors (Lipinski definition) is 0. The summed E-state index contributed by atoms with van der Waals surface area (Å²) in [5, 5.41) is 0.874. The van der Waals surface area contributed by atoms with Crippen LogP contribution in [0.4, 0.5) is 0 Å². The first kappa shape index (κ1) is 26.2. The molecule has 0 amide bonds. The number of hydrogen-bond acceptors (Lipinski definition) is 7. The Bertz CT molecular complexity index is 552. The predicted octanol–water partition coefficient (Wildman–Crippen LogP) is 3.08. The second kappa shape index (κ2) is 13.5. The minimum Gasteiger partial charge on any atom is -0.497 e. The van der Waals surface area contributed by atoms with E-state index in [-0.39, 0.29) is 0 Å². The summed E-state index contributed by atoms with van der Waals surface area (Å²) >= 11 is 0. The number of benzene rings is 1. The highest BCUT2D eigenvalue weighted by Crippen LogP contribution is 2.23. The van der Waals surface area contributed by atoms with Gasteiger partial charge < -0.3 is 31.3 Å². The molecule has 0 aromatic heterocycles. The first-order valence-electron chi connectivity index (χ1n) is 10.5. The molecule has 0 unspecified atom stereocenters. The zero-order chi connectivity index (χ0) is 21.8. The van der Waals surface area contributed by atoms with Crippen molar-refractivity contribution in [2.45, 2.75) is 47.6 Å². The van der Waals surface area contributed by atoms with Crippen LogP contribution in [-0.4, -0.2) is 64.4 Å². The Balaban J connectivity index is 3.56. The average Bonchev–Trinajstić information content (AvgIpc) is 2.69. The Labute approximate surface area is 178 Å². The first-order valence-corrected chi connectivity index (χ1v) is 14.2. The van der Waals surface area contributed by atoms with Crippen LogP contribution in [0.25, 0.3) is 0 Å². The van der Waals surface area contributed by atoms with Crippen molar-refractivity contribution in [2.75, 3.05) is 46.8 Å². The maximum atomic E-state index is 6.16. The summed E-state index contributed by atoms with van der Waals surface area (Å²) in [7, 11) is -4.44. The summed E-state index contributed by atoms with van der Waals surface area (Å²) < 4.78 is 42.2. The third-order valence-electron chi connectivity index (χ3n) is 4.15.